The predicted molar refractivity (Wildman–Crippen MR) is 172 cm³/mol. The molecule has 0 spiro atoms. The quantitative estimate of drug-likeness (QED) is 0.302. The van der Waals surface area contributed by atoms with Crippen molar-refractivity contribution in [3.8, 4) is 16.9 Å². The lowest BCUT2D eigenvalue weighted by Crippen LogP contribution is -2.54. The molecule has 0 saturated carbocycles. The minimum atomic E-state index is -0.837. The van der Waals surface area contributed by atoms with Crippen LogP contribution in [0.1, 0.15) is 51.3 Å². The molecular weight excluding hydrogens is 592 g/mol. The fraction of sp³-hybridized carbons (Fsp3) is 0.353. The number of nitrogens with zero attached hydrogens (tertiary/aromatic N) is 7. The van der Waals surface area contributed by atoms with Gasteiger partial charge < -0.3 is 14.7 Å². The van der Waals surface area contributed by atoms with E-state index in [1.807, 2.05) is 31.7 Å². The molecule has 1 atom stereocenters. The van der Waals surface area contributed by atoms with Crippen LogP contribution in [0.15, 0.2) is 54.0 Å². The maximum absolute atomic E-state index is 16.4. The van der Waals surface area contributed by atoms with Crippen LogP contribution < -0.4 is 15.5 Å². The SMILES string of the molecule is C=CC(=O)N1CCN(c2nc(=O)n3c4nc(c(F)cc24)-c2c(F)cccc2N(C(C)=O)CCCc2ccnc(C(C)C)c2-3)[C@@H](C)C1. The number of carbonyl (C=O) groups excluding carboxylic acids is 2. The number of hydrogen-bond acceptors (Lipinski definition) is 7. The molecule has 2 amide bonds. The van der Waals surface area contributed by atoms with Crippen LogP contribution in [0.2, 0.25) is 0 Å². The van der Waals surface area contributed by atoms with Gasteiger partial charge in [-0.25, -0.2) is 23.1 Å². The number of anilines is 2. The molecule has 46 heavy (non-hydrogen) atoms. The number of halogens is 2. The molecule has 2 aliphatic heterocycles. The zero-order valence-electron chi connectivity index (χ0n) is 26.3. The van der Waals surface area contributed by atoms with E-state index in [-0.39, 0.29) is 64.1 Å². The molecule has 238 valence electrons. The van der Waals surface area contributed by atoms with Gasteiger partial charge in [0.2, 0.25) is 11.8 Å². The normalized spacial score (nSPS) is 16.6. The van der Waals surface area contributed by atoms with Crippen molar-refractivity contribution in [2.45, 2.75) is 52.5 Å². The van der Waals surface area contributed by atoms with Crippen LogP contribution in [0, 0.1) is 11.6 Å². The average molecular weight is 628 g/mol. The van der Waals surface area contributed by atoms with Crippen LogP contribution in [0.3, 0.4) is 0 Å². The highest BCUT2D eigenvalue weighted by atomic mass is 19.1. The van der Waals surface area contributed by atoms with Crippen LogP contribution in [0.4, 0.5) is 20.3 Å². The Balaban J connectivity index is 1.71. The molecule has 2 bridgehead atoms. The molecular formula is C34H35F2N7O3. The van der Waals surface area contributed by atoms with Gasteiger partial charge >= 0.3 is 5.69 Å². The number of aromatic nitrogens is 4. The number of rotatable bonds is 3. The van der Waals surface area contributed by atoms with Gasteiger partial charge in [-0.1, -0.05) is 26.5 Å². The summed E-state index contributed by atoms with van der Waals surface area (Å²) in [7, 11) is 0. The van der Waals surface area contributed by atoms with Crippen molar-refractivity contribution in [2.75, 3.05) is 36.0 Å². The van der Waals surface area contributed by atoms with Gasteiger partial charge in [-0.2, -0.15) is 4.98 Å². The summed E-state index contributed by atoms with van der Waals surface area (Å²) in [6, 6.07) is 7.02. The monoisotopic (exact) mass is 627 g/mol. The van der Waals surface area contributed by atoms with Crippen LogP contribution in [0.5, 0.6) is 0 Å². The van der Waals surface area contributed by atoms with E-state index in [9.17, 15) is 14.4 Å². The van der Waals surface area contributed by atoms with Gasteiger partial charge in [0.15, 0.2) is 11.5 Å². The van der Waals surface area contributed by atoms with E-state index in [0.29, 0.717) is 43.9 Å². The van der Waals surface area contributed by atoms with Crippen molar-refractivity contribution in [3.05, 3.63) is 82.6 Å². The van der Waals surface area contributed by atoms with Crippen molar-refractivity contribution in [3.63, 3.8) is 0 Å². The third-order valence-corrected chi connectivity index (χ3v) is 8.72. The van der Waals surface area contributed by atoms with E-state index >= 15 is 8.78 Å². The number of amides is 2. The Hall–Kier alpha value is -5.00. The number of benzene rings is 1. The number of aryl methyl sites for hydroxylation is 1. The third kappa shape index (κ3) is 5.21. The molecule has 0 N–H and O–H groups in total. The van der Waals surface area contributed by atoms with Gasteiger partial charge in [-0.15, -0.1) is 0 Å². The van der Waals surface area contributed by atoms with Crippen molar-refractivity contribution in [2.24, 2.45) is 0 Å². The Kier molecular flexibility index (Phi) is 8.13. The highest BCUT2D eigenvalue weighted by Gasteiger charge is 2.32. The van der Waals surface area contributed by atoms with E-state index in [2.05, 4.69) is 16.5 Å². The van der Waals surface area contributed by atoms with Crippen molar-refractivity contribution < 1.29 is 18.4 Å². The second-order valence-electron chi connectivity index (χ2n) is 12.0. The summed E-state index contributed by atoms with van der Waals surface area (Å²) >= 11 is 0. The lowest BCUT2D eigenvalue weighted by Gasteiger charge is -2.40. The molecule has 1 saturated heterocycles. The van der Waals surface area contributed by atoms with E-state index in [0.717, 1.165) is 5.56 Å². The summed E-state index contributed by atoms with van der Waals surface area (Å²) in [4.78, 5) is 58.3. The average Bonchev–Trinajstić information content (AvgIpc) is 3.02. The van der Waals surface area contributed by atoms with Crippen molar-refractivity contribution in [1.29, 1.82) is 0 Å². The summed E-state index contributed by atoms with van der Waals surface area (Å²) in [6.07, 6.45) is 3.89. The van der Waals surface area contributed by atoms with Crippen LogP contribution in [0.25, 0.3) is 28.0 Å². The molecule has 12 heteroatoms. The lowest BCUT2D eigenvalue weighted by atomic mass is 9.99. The van der Waals surface area contributed by atoms with Gasteiger partial charge in [0.25, 0.3) is 0 Å². The summed E-state index contributed by atoms with van der Waals surface area (Å²) in [5, 5.41) is 0.249. The van der Waals surface area contributed by atoms with E-state index in [1.165, 1.54) is 40.7 Å². The first-order valence-electron chi connectivity index (χ1n) is 15.4. The van der Waals surface area contributed by atoms with Gasteiger partial charge in [-0.3, -0.25) is 14.6 Å². The minimum absolute atomic E-state index is 0.0866. The lowest BCUT2D eigenvalue weighted by molar-refractivity contribution is -0.126. The van der Waals surface area contributed by atoms with Gasteiger partial charge in [0.05, 0.1) is 28.0 Å². The first kappa shape index (κ1) is 31.0. The number of fused-ring (bicyclic) bond motifs is 5. The maximum Gasteiger partial charge on any atom is 0.355 e. The molecule has 0 radical (unpaired) electrons. The van der Waals surface area contributed by atoms with Gasteiger partial charge in [0.1, 0.15) is 17.3 Å². The Bertz CT molecular complexity index is 1960. The first-order chi connectivity index (χ1) is 22.0. The van der Waals surface area contributed by atoms with Crippen molar-refractivity contribution in [1.82, 2.24) is 24.4 Å². The molecule has 0 unspecified atom stereocenters. The van der Waals surface area contributed by atoms with E-state index in [4.69, 9.17) is 4.98 Å². The Labute approximate surface area is 265 Å². The standard InChI is InChI=1S/C34H35F2N7O3/c1-6-27(45)40-15-16-41(20(4)18-40)32-23-17-25(36)30-28-24(35)10-7-11-26(28)42(21(5)44)14-8-9-22-12-13-37-29(19(2)3)31(22)43(33(23)38-30)34(46)39-32/h6-7,10-13,17,19-20H,1,8-9,14-16,18H2,2-5H3/t20-/m0/s1. The summed E-state index contributed by atoms with van der Waals surface area (Å²) in [5.74, 6) is -2.01. The smallest absolute Gasteiger partial charge is 0.350 e. The van der Waals surface area contributed by atoms with Crippen molar-refractivity contribution >= 4 is 34.4 Å². The summed E-state index contributed by atoms with van der Waals surface area (Å²) in [6.45, 7) is 12.0. The largest absolute Gasteiger partial charge is 0.355 e. The number of piperazine rings is 1. The van der Waals surface area contributed by atoms with E-state index < -0.39 is 17.3 Å². The number of pyridine rings is 2. The number of hydrogen-bond donors (Lipinski definition) is 0. The highest BCUT2D eigenvalue weighted by molar-refractivity contribution is 5.98. The fourth-order valence-corrected chi connectivity index (χ4v) is 6.54. The van der Waals surface area contributed by atoms with Crippen LogP contribution in [-0.2, 0) is 16.0 Å². The second-order valence-corrected chi connectivity index (χ2v) is 12.0. The molecule has 2 aliphatic rings. The molecule has 3 aromatic heterocycles. The number of carbonyl (C=O) groups is 2. The molecule has 0 aliphatic carbocycles. The molecule has 1 fully saturated rings. The Morgan fingerprint density at radius 1 is 1.09 bits per heavy atom. The topological polar surface area (TPSA) is 105 Å². The fourth-order valence-electron chi connectivity index (χ4n) is 6.54. The molecule has 4 aromatic rings. The first-order valence-corrected chi connectivity index (χ1v) is 15.4. The highest BCUT2D eigenvalue weighted by Crippen LogP contribution is 2.38. The Morgan fingerprint density at radius 2 is 1.87 bits per heavy atom. The Morgan fingerprint density at radius 3 is 2.57 bits per heavy atom. The van der Waals surface area contributed by atoms with Gasteiger partial charge in [0, 0.05) is 45.3 Å². The van der Waals surface area contributed by atoms with Crippen LogP contribution in [-0.4, -0.2) is 68.5 Å². The molecule has 6 rings (SSSR count). The summed E-state index contributed by atoms with van der Waals surface area (Å²) < 4.78 is 33.5. The molecule has 5 heterocycles. The zero-order chi connectivity index (χ0) is 32.9. The maximum atomic E-state index is 16.4. The van der Waals surface area contributed by atoms with E-state index in [1.54, 1.807) is 17.2 Å². The zero-order valence-corrected chi connectivity index (χ0v) is 26.3. The molecule has 1 aromatic carbocycles. The minimum Gasteiger partial charge on any atom is -0.350 e. The predicted octanol–water partition coefficient (Wildman–Crippen LogP) is 4.77. The van der Waals surface area contributed by atoms with Gasteiger partial charge in [-0.05, 0) is 61.6 Å². The summed E-state index contributed by atoms with van der Waals surface area (Å²) in [5.41, 5.74) is 1.04. The second kappa shape index (κ2) is 12.1. The van der Waals surface area contributed by atoms with Crippen LogP contribution >= 0.6 is 0 Å². The third-order valence-electron chi connectivity index (χ3n) is 8.72. The molecule has 10 nitrogen and oxygen atoms in total.